The maximum atomic E-state index is 12.9. The molecule has 160 valence electrons. The van der Waals surface area contributed by atoms with E-state index in [0.29, 0.717) is 49.9 Å². The number of hydrogen-bond donors (Lipinski definition) is 1. The Morgan fingerprint density at radius 3 is 2.80 bits per heavy atom. The third kappa shape index (κ3) is 4.24. The second-order valence-electron chi connectivity index (χ2n) is 6.82. The Hall–Kier alpha value is -2.34. The van der Waals surface area contributed by atoms with E-state index < -0.39 is 10.0 Å². The molecule has 1 aromatic carbocycles. The number of nitrogens with one attached hydrogen (secondary N) is 1. The number of aryl methyl sites for hydroxylation is 2. The zero-order valence-corrected chi connectivity index (χ0v) is 18.2. The van der Waals surface area contributed by atoms with Crippen LogP contribution in [0.3, 0.4) is 0 Å². The van der Waals surface area contributed by atoms with Gasteiger partial charge < -0.3 is 14.6 Å². The third-order valence-corrected chi connectivity index (χ3v) is 7.56. The average Bonchev–Trinajstić information content (AvgIpc) is 3.39. The highest BCUT2D eigenvalue weighted by Gasteiger charge is 2.27. The first-order chi connectivity index (χ1) is 14.5. The SMILES string of the molecule is CCn1c(CCC(=O)Nc2nccs2)nc2cc(S(=O)(=O)N3CCOCC3)ccc21. The number of aromatic nitrogens is 3. The molecule has 1 amide bonds. The molecule has 0 spiro atoms. The first-order valence-electron chi connectivity index (χ1n) is 9.75. The monoisotopic (exact) mass is 449 g/mol. The van der Waals surface area contributed by atoms with E-state index in [1.165, 1.54) is 15.6 Å². The summed E-state index contributed by atoms with van der Waals surface area (Å²) in [6.45, 7) is 4.18. The summed E-state index contributed by atoms with van der Waals surface area (Å²) in [7, 11) is -3.58. The molecule has 0 aliphatic carbocycles. The van der Waals surface area contributed by atoms with E-state index in [9.17, 15) is 13.2 Å². The molecule has 3 aromatic rings. The fraction of sp³-hybridized carbons (Fsp3) is 0.421. The van der Waals surface area contributed by atoms with Crippen LogP contribution in [-0.2, 0) is 32.5 Å². The molecule has 2 aromatic heterocycles. The molecule has 1 aliphatic heterocycles. The summed E-state index contributed by atoms with van der Waals surface area (Å²) in [5, 5.41) is 5.14. The Morgan fingerprint density at radius 2 is 2.10 bits per heavy atom. The number of morpholine rings is 1. The molecule has 4 rings (SSSR count). The fourth-order valence-electron chi connectivity index (χ4n) is 3.49. The van der Waals surface area contributed by atoms with Crippen LogP contribution < -0.4 is 5.32 Å². The van der Waals surface area contributed by atoms with Crippen LogP contribution in [0.2, 0.25) is 0 Å². The number of fused-ring (bicyclic) bond motifs is 1. The van der Waals surface area contributed by atoms with Crippen LogP contribution in [0, 0.1) is 0 Å². The van der Waals surface area contributed by atoms with Crippen molar-refractivity contribution in [1.82, 2.24) is 18.8 Å². The van der Waals surface area contributed by atoms with Crippen molar-refractivity contribution in [3.63, 3.8) is 0 Å². The summed E-state index contributed by atoms with van der Waals surface area (Å²) >= 11 is 1.37. The summed E-state index contributed by atoms with van der Waals surface area (Å²) < 4.78 is 34.6. The lowest BCUT2D eigenvalue weighted by molar-refractivity contribution is -0.116. The number of amides is 1. The zero-order valence-electron chi connectivity index (χ0n) is 16.6. The Balaban J connectivity index is 1.55. The second-order valence-corrected chi connectivity index (χ2v) is 9.66. The lowest BCUT2D eigenvalue weighted by Gasteiger charge is -2.26. The van der Waals surface area contributed by atoms with Gasteiger partial charge in [-0.05, 0) is 25.1 Å². The number of imidazole rings is 1. The van der Waals surface area contributed by atoms with Gasteiger partial charge in [0.05, 0.1) is 29.1 Å². The van der Waals surface area contributed by atoms with Crippen molar-refractivity contribution in [2.45, 2.75) is 31.2 Å². The number of ether oxygens (including phenoxy) is 1. The molecular formula is C19H23N5O4S2. The van der Waals surface area contributed by atoms with Crippen molar-refractivity contribution >= 4 is 43.4 Å². The smallest absolute Gasteiger partial charge is 0.243 e. The average molecular weight is 450 g/mol. The van der Waals surface area contributed by atoms with Gasteiger partial charge in [0.25, 0.3) is 0 Å². The molecule has 0 atom stereocenters. The zero-order chi connectivity index (χ0) is 21.1. The second kappa shape index (κ2) is 8.80. The van der Waals surface area contributed by atoms with E-state index >= 15 is 0 Å². The Labute approximate surface area is 178 Å². The van der Waals surface area contributed by atoms with Crippen molar-refractivity contribution in [3.05, 3.63) is 35.6 Å². The highest BCUT2D eigenvalue weighted by molar-refractivity contribution is 7.89. The van der Waals surface area contributed by atoms with Gasteiger partial charge in [-0.15, -0.1) is 11.3 Å². The number of sulfonamides is 1. The number of anilines is 1. The van der Waals surface area contributed by atoms with Gasteiger partial charge in [0.2, 0.25) is 15.9 Å². The van der Waals surface area contributed by atoms with Crippen LogP contribution in [0.1, 0.15) is 19.2 Å². The van der Waals surface area contributed by atoms with Gasteiger partial charge >= 0.3 is 0 Å². The van der Waals surface area contributed by atoms with Crippen LogP contribution in [0.5, 0.6) is 0 Å². The number of thiazole rings is 1. The maximum absolute atomic E-state index is 12.9. The largest absolute Gasteiger partial charge is 0.379 e. The molecule has 11 heteroatoms. The first-order valence-corrected chi connectivity index (χ1v) is 12.1. The van der Waals surface area contributed by atoms with Gasteiger partial charge in [0, 0.05) is 44.1 Å². The molecule has 30 heavy (non-hydrogen) atoms. The third-order valence-electron chi connectivity index (χ3n) is 4.98. The van der Waals surface area contributed by atoms with Crippen LogP contribution in [-0.4, -0.2) is 59.5 Å². The molecule has 0 bridgehead atoms. The standard InChI is InChI=1S/C19H23N5O4S2/c1-2-24-16-4-3-14(30(26,27)23-8-10-28-11-9-23)13-15(16)21-17(24)5-6-18(25)22-19-20-7-12-29-19/h3-4,7,12-13H,2,5-6,8-11H2,1H3,(H,20,22,25). The summed E-state index contributed by atoms with van der Waals surface area (Å²) in [5.41, 5.74) is 1.47. The van der Waals surface area contributed by atoms with E-state index in [4.69, 9.17) is 4.74 Å². The topological polar surface area (TPSA) is 106 Å². The minimum Gasteiger partial charge on any atom is -0.379 e. The minimum atomic E-state index is -3.58. The van der Waals surface area contributed by atoms with Gasteiger partial charge in [-0.25, -0.2) is 18.4 Å². The quantitative estimate of drug-likeness (QED) is 0.592. The Bertz CT molecular complexity index is 1140. The summed E-state index contributed by atoms with van der Waals surface area (Å²) in [6, 6.07) is 5.03. The van der Waals surface area contributed by atoms with Crippen molar-refractivity contribution in [2.24, 2.45) is 0 Å². The predicted molar refractivity (Wildman–Crippen MR) is 114 cm³/mol. The van der Waals surface area contributed by atoms with E-state index in [1.807, 2.05) is 11.5 Å². The van der Waals surface area contributed by atoms with Gasteiger partial charge in [-0.3, -0.25) is 4.79 Å². The maximum Gasteiger partial charge on any atom is 0.243 e. The highest BCUT2D eigenvalue weighted by Crippen LogP contribution is 2.24. The summed E-state index contributed by atoms with van der Waals surface area (Å²) in [6.07, 6.45) is 2.35. The Kier molecular flexibility index (Phi) is 6.14. The number of carbonyl (C=O) groups excluding carboxylic acids is 1. The molecule has 3 heterocycles. The Morgan fingerprint density at radius 1 is 1.30 bits per heavy atom. The van der Waals surface area contributed by atoms with Crippen molar-refractivity contribution in [2.75, 3.05) is 31.6 Å². The number of nitrogens with zero attached hydrogens (tertiary/aromatic N) is 4. The van der Waals surface area contributed by atoms with Crippen LogP contribution in [0.4, 0.5) is 5.13 Å². The van der Waals surface area contributed by atoms with Gasteiger partial charge in [-0.1, -0.05) is 0 Å². The van der Waals surface area contributed by atoms with E-state index in [2.05, 4.69) is 15.3 Å². The predicted octanol–water partition coefficient (Wildman–Crippen LogP) is 2.10. The van der Waals surface area contributed by atoms with Crippen LogP contribution in [0.15, 0.2) is 34.7 Å². The van der Waals surface area contributed by atoms with Gasteiger partial charge in [0.15, 0.2) is 5.13 Å². The molecule has 1 aliphatic rings. The summed E-state index contributed by atoms with van der Waals surface area (Å²) in [4.78, 5) is 21.1. The lowest BCUT2D eigenvalue weighted by atomic mass is 10.3. The van der Waals surface area contributed by atoms with Crippen molar-refractivity contribution in [1.29, 1.82) is 0 Å². The van der Waals surface area contributed by atoms with Gasteiger partial charge in [-0.2, -0.15) is 4.31 Å². The minimum absolute atomic E-state index is 0.129. The number of carbonyl (C=O) groups is 1. The molecule has 9 nitrogen and oxygen atoms in total. The highest BCUT2D eigenvalue weighted by atomic mass is 32.2. The normalized spacial score (nSPS) is 15.5. The molecule has 0 radical (unpaired) electrons. The first kappa shape index (κ1) is 20.9. The molecule has 1 fully saturated rings. The van der Waals surface area contributed by atoms with E-state index in [1.54, 1.807) is 29.8 Å². The summed E-state index contributed by atoms with van der Waals surface area (Å²) in [5.74, 6) is 0.623. The number of rotatable bonds is 7. The van der Waals surface area contributed by atoms with Crippen molar-refractivity contribution < 1.29 is 17.9 Å². The fourth-order valence-corrected chi connectivity index (χ4v) is 5.47. The molecule has 0 unspecified atom stereocenters. The van der Waals surface area contributed by atoms with E-state index in [-0.39, 0.29) is 17.2 Å². The molecule has 0 saturated carbocycles. The number of hydrogen-bond acceptors (Lipinski definition) is 7. The van der Waals surface area contributed by atoms with E-state index in [0.717, 1.165) is 11.3 Å². The number of benzene rings is 1. The lowest BCUT2D eigenvalue weighted by Crippen LogP contribution is -2.40. The molecular weight excluding hydrogens is 426 g/mol. The van der Waals surface area contributed by atoms with Crippen molar-refractivity contribution in [3.8, 4) is 0 Å². The molecule has 1 N–H and O–H groups in total. The van der Waals surface area contributed by atoms with Crippen LogP contribution >= 0.6 is 11.3 Å². The van der Waals surface area contributed by atoms with Crippen LogP contribution in [0.25, 0.3) is 11.0 Å². The molecule has 1 saturated heterocycles. The van der Waals surface area contributed by atoms with Gasteiger partial charge in [0.1, 0.15) is 5.82 Å².